The second-order valence-corrected chi connectivity index (χ2v) is 9.39. The lowest BCUT2D eigenvalue weighted by Crippen LogP contribution is -2.47. The first-order valence-electron chi connectivity index (χ1n) is 11.2. The van der Waals surface area contributed by atoms with Crippen molar-refractivity contribution in [2.75, 3.05) is 26.3 Å². The van der Waals surface area contributed by atoms with Gasteiger partial charge in [0.25, 0.3) is 0 Å². The molecule has 170 valence electrons. The fourth-order valence-electron chi connectivity index (χ4n) is 3.86. The molecular weight excluding hydrogens is 491 g/mol. The zero-order chi connectivity index (χ0) is 20.7. The van der Waals surface area contributed by atoms with Crippen molar-refractivity contribution in [1.82, 2.24) is 15.6 Å². The lowest BCUT2D eigenvalue weighted by molar-refractivity contribution is -0.0835. The summed E-state index contributed by atoms with van der Waals surface area (Å²) in [6.07, 6.45) is 6.97. The van der Waals surface area contributed by atoms with Crippen LogP contribution in [0.25, 0.3) is 0 Å². The average Bonchev–Trinajstić information content (AvgIpc) is 3.53. The van der Waals surface area contributed by atoms with Crippen molar-refractivity contribution in [2.45, 2.75) is 66.0 Å². The van der Waals surface area contributed by atoms with E-state index < -0.39 is 0 Å². The van der Waals surface area contributed by atoms with E-state index in [1.165, 1.54) is 19.3 Å². The van der Waals surface area contributed by atoms with E-state index in [4.69, 9.17) is 14.5 Å². The first kappa shape index (κ1) is 25.2. The van der Waals surface area contributed by atoms with Gasteiger partial charge in [-0.05, 0) is 55.6 Å². The number of aromatic nitrogens is 1. The summed E-state index contributed by atoms with van der Waals surface area (Å²) in [5.74, 6) is 2.78. The second-order valence-electron chi connectivity index (χ2n) is 9.39. The number of aliphatic imine (C=N–C) groups is 1. The topological polar surface area (TPSA) is 67.8 Å². The number of hydrogen-bond acceptors (Lipinski definition) is 4. The lowest BCUT2D eigenvalue weighted by atomic mass is 9.78. The molecule has 1 saturated carbocycles. The number of rotatable bonds is 8. The molecule has 7 heteroatoms. The highest BCUT2D eigenvalue weighted by atomic mass is 127. The molecule has 2 N–H and O–H groups in total. The monoisotopic (exact) mass is 530 g/mol. The van der Waals surface area contributed by atoms with Crippen molar-refractivity contribution in [1.29, 1.82) is 0 Å². The Morgan fingerprint density at radius 1 is 1.27 bits per heavy atom. The highest BCUT2D eigenvalue weighted by Gasteiger charge is 2.35. The van der Waals surface area contributed by atoms with Gasteiger partial charge in [-0.2, -0.15) is 0 Å². The third-order valence-electron chi connectivity index (χ3n) is 5.56. The van der Waals surface area contributed by atoms with E-state index in [2.05, 4.69) is 43.3 Å². The number of nitrogens with zero attached hydrogens (tertiary/aromatic N) is 2. The number of nitrogens with one attached hydrogen (secondary N) is 2. The Hall–Kier alpha value is -1.09. The largest absolute Gasteiger partial charge is 0.477 e. The molecule has 1 aliphatic carbocycles. The van der Waals surface area contributed by atoms with Gasteiger partial charge < -0.3 is 20.1 Å². The van der Waals surface area contributed by atoms with Crippen LogP contribution in [0.4, 0.5) is 0 Å². The molecule has 1 aromatic rings. The number of halogens is 1. The van der Waals surface area contributed by atoms with Gasteiger partial charge in [0.05, 0.1) is 19.3 Å². The molecule has 3 rings (SSSR count). The number of pyridine rings is 1. The summed E-state index contributed by atoms with van der Waals surface area (Å²) in [6, 6.07) is 4.00. The van der Waals surface area contributed by atoms with Gasteiger partial charge in [0.2, 0.25) is 5.88 Å². The van der Waals surface area contributed by atoms with Gasteiger partial charge in [-0.1, -0.05) is 20.8 Å². The van der Waals surface area contributed by atoms with Gasteiger partial charge in [0.15, 0.2) is 5.96 Å². The van der Waals surface area contributed by atoms with Gasteiger partial charge in [0, 0.05) is 37.9 Å². The summed E-state index contributed by atoms with van der Waals surface area (Å²) in [7, 11) is 0. The van der Waals surface area contributed by atoms with Crippen LogP contribution in [-0.2, 0) is 11.3 Å². The molecule has 2 fully saturated rings. The number of guanidine groups is 1. The Morgan fingerprint density at radius 2 is 2.07 bits per heavy atom. The molecule has 6 nitrogen and oxygen atoms in total. The fraction of sp³-hybridized carbons (Fsp3) is 0.739. The van der Waals surface area contributed by atoms with Crippen LogP contribution in [0.2, 0.25) is 0 Å². The van der Waals surface area contributed by atoms with Crippen molar-refractivity contribution < 1.29 is 9.47 Å². The van der Waals surface area contributed by atoms with Gasteiger partial charge in [-0.15, -0.1) is 24.0 Å². The zero-order valence-electron chi connectivity index (χ0n) is 18.9. The summed E-state index contributed by atoms with van der Waals surface area (Å²) in [6.45, 7) is 12.9. The molecule has 1 aliphatic heterocycles. The second kappa shape index (κ2) is 12.1. The minimum Gasteiger partial charge on any atom is -0.477 e. The van der Waals surface area contributed by atoms with Crippen molar-refractivity contribution >= 4 is 29.9 Å². The summed E-state index contributed by atoms with van der Waals surface area (Å²) < 4.78 is 11.9. The third kappa shape index (κ3) is 8.21. The molecule has 0 bridgehead atoms. The van der Waals surface area contributed by atoms with E-state index in [-0.39, 0.29) is 35.5 Å². The zero-order valence-corrected chi connectivity index (χ0v) is 21.3. The van der Waals surface area contributed by atoms with Crippen LogP contribution in [-0.4, -0.2) is 43.4 Å². The maximum atomic E-state index is 6.11. The van der Waals surface area contributed by atoms with E-state index in [0.717, 1.165) is 50.2 Å². The molecule has 2 heterocycles. The molecule has 0 aromatic carbocycles. The Kier molecular flexibility index (Phi) is 10.1. The number of hydrogen-bond donors (Lipinski definition) is 2. The van der Waals surface area contributed by atoms with Crippen molar-refractivity contribution in [3.63, 3.8) is 0 Å². The summed E-state index contributed by atoms with van der Waals surface area (Å²) in [5.41, 5.74) is 1.26. The predicted molar refractivity (Wildman–Crippen MR) is 133 cm³/mol. The fourth-order valence-corrected chi connectivity index (χ4v) is 3.86. The molecule has 0 radical (unpaired) electrons. The summed E-state index contributed by atoms with van der Waals surface area (Å²) in [4.78, 5) is 9.09. The van der Waals surface area contributed by atoms with Gasteiger partial charge in [-0.25, -0.2) is 9.98 Å². The standard InChI is InChI=1S/C23H38N4O2.HI/c1-5-24-22(27-15-19-7-6-12-28-21(19)23(2,3)4)26-14-18-10-11-25-20(13-18)29-16-17-8-9-17;/h10-11,13,17,19,21H,5-9,12,14-16H2,1-4H3,(H2,24,26,27);1H. The first-order chi connectivity index (χ1) is 14.0. The predicted octanol–water partition coefficient (Wildman–Crippen LogP) is 4.38. The van der Waals surface area contributed by atoms with E-state index in [1.54, 1.807) is 6.20 Å². The summed E-state index contributed by atoms with van der Waals surface area (Å²) in [5, 5.41) is 6.90. The maximum absolute atomic E-state index is 6.11. The molecule has 30 heavy (non-hydrogen) atoms. The van der Waals surface area contributed by atoms with Gasteiger partial charge >= 0.3 is 0 Å². The first-order valence-corrected chi connectivity index (χ1v) is 11.2. The van der Waals surface area contributed by atoms with Gasteiger partial charge in [-0.3, -0.25) is 0 Å². The minimum atomic E-state index is 0. The molecule has 2 aliphatic rings. The normalized spacial score (nSPS) is 22.2. The Morgan fingerprint density at radius 3 is 2.77 bits per heavy atom. The minimum absolute atomic E-state index is 0. The molecule has 2 atom stereocenters. The molecule has 0 amide bonds. The SMILES string of the molecule is CCNC(=NCc1ccnc(OCC2CC2)c1)NCC1CCCOC1C(C)(C)C.I. The van der Waals surface area contributed by atoms with Crippen LogP contribution in [0.3, 0.4) is 0 Å². The quantitative estimate of drug-likeness (QED) is 0.297. The van der Waals surface area contributed by atoms with E-state index in [9.17, 15) is 0 Å². The van der Waals surface area contributed by atoms with E-state index in [1.807, 2.05) is 12.1 Å². The Bertz CT molecular complexity index is 673. The van der Waals surface area contributed by atoms with Crippen molar-refractivity contribution in [3.05, 3.63) is 23.9 Å². The Labute approximate surface area is 199 Å². The third-order valence-corrected chi connectivity index (χ3v) is 5.56. The highest BCUT2D eigenvalue weighted by molar-refractivity contribution is 14.0. The molecule has 2 unspecified atom stereocenters. The highest BCUT2D eigenvalue weighted by Crippen LogP contribution is 2.33. The number of ether oxygens (including phenoxy) is 2. The molecule has 1 saturated heterocycles. The van der Waals surface area contributed by atoms with Crippen LogP contribution in [0.1, 0.15) is 58.9 Å². The molecule has 1 aromatic heterocycles. The van der Waals surface area contributed by atoms with Crippen LogP contribution < -0.4 is 15.4 Å². The van der Waals surface area contributed by atoms with Crippen LogP contribution in [0.15, 0.2) is 23.3 Å². The smallest absolute Gasteiger partial charge is 0.213 e. The summed E-state index contributed by atoms with van der Waals surface area (Å²) >= 11 is 0. The van der Waals surface area contributed by atoms with E-state index >= 15 is 0 Å². The molecular formula is C23H39IN4O2. The van der Waals surface area contributed by atoms with Gasteiger partial charge in [0.1, 0.15) is 0 Å². The average molecular weight is 530 g/mol. The van der Waals surface area contributed by atoms with Crippen molar-refractivity contribution in [2.24, 2.45) is 22.2 Å². The molecule has 0 spiro atoms. The lowest BCUT2D eigenvalue weighted by Gasteiger charge is -2.40. The van der Waals surface area contributed by atoms with E-state index in [0.29, 0.717) is 18.3 Å². The van der Waals surface area contributed by atoms with Crippen molar-refractivity contribution in [3.8, 4) is 5.88 Å². The van der Waals surface area contributed by atoms with Crippen LogP contribution in [0, 0.1) is 17.3 Å². The Balaban J connectivity index is 0.00000320. The van der Waals surface area contributed by atoms with Crippen LogP contribution >= 0.6 is 24.0 Å². The maximum Gasteiger partial charge on any atom is 0.213 e. The van der Waals surface area contributed by atoms with Crippen LogP contribution in [0.5, 0.6) is 5.88 Å².